The molecule has 0 atom stereocenters. The second-order valence-electron chi connectivity index (χ2n) is 7.58. The molecule has 136 valence electrons. The minimum Gasteiger partial charge on any atom is -0.381 e. The standard InChI is InChI=1S/C23H28N2O/c26-22(25-19-10-2-1-3-11-19)13-5-9-17-7-4-8-18-14-15-21-20(23(17)18)12-6-16-24-21/h4,6-8,12,14-15,19,24H,1-3,5,9-11,13,16H2,(H,25,26). The summed E-state index contributed by atoms with van der Waals surface area (Å²) in [5, 5.41) is 9.30. The molecule has 0 spiro atoms. The molecule has 1 saturated carbocycles. The minimum atomic E-state index is 0.223. The number of amides is 1. The lowest BCUT2D eigenvalue weighted by Crippen LogP contribution is -2.36. The van der Waals surface area contributed by atoms with Gasteiger partial charge in [-0.2, -0.15) is 0 Å². The predicted octanol–water partition coefficient (Wildman–Crippen LogP) is 5.05. The Kier molecular flexibility index (Phi) is 5.24. The smallest absolute Gasteiger partial charge is 0.220 e. The highest BCUT2D eigenvalue weighted by molar-refractivity contribution is 5.98. The van der Waals surface area contributed by atoms with Crippen LogP contribution < -0.4 is 10.6 Å². The highest BCUT2D eigenvalue weighted by Gasteiger charge is 2.16. The van der Waals surface area contributed by atoms with Gasteiger partial charge in [-0.1, -0.05) is 55.7 Å². The number of carbonyl (C=O) groups excluding carboxylic acids is 1. The number of hydrogen-bond donors (Lipinski definition) is 2. The van der Waals surface area contributed by atoms with Crippen molar-refractivity contribution in [3.05, 3.63) is 47.5 Å². The molecule has 0 aromatic heterocycles. The number of carbonyl (C=O) groups is 1. The zero-order valence-corrected chi connectivity index (χ0v) is 15.4. The van der Waals surface area contributed by atoms with Gasteiger partial charge in [0.25, 0.3) is 0 Å². The molecule has 1 aliphatic heterocycles. The van der Waals surface area contributed by atoms with Crippen LogP contribution in [0.1, 0.15) is 56.1 Å². The average Bonchev–Trinajstić information content (AvgIpc) is 2.68. The average molecular weight is 348 g/mol. The molecule has 1 fully saturated rings. The monoisotopic (exact) mass is 348 g/mol. The zero-order valence-electron chi connectivity index (χ0n) is 15.4. The van der Waals surface area contributed by atoms with Crippen LogP contribution in [0.4, 0.5) is 5.69 Å². The fraction of sp³-hybridized carbons (Fsp3) is 0.435. The van der Waals surface area contributed by atoms with Crippen LogP contribution in [0.5, 0.6) is 0 Å². The van der Waals surface area contributed by atoms with E-state index in [0.29, 0.717) is 12.5 Å². The summed E-state index contributed by atoms with van der Waals surface area (Å²) in [6, 6.07) is 11.3. The summed E-state index contributed by atoms with van der Waals surface area (Å²) in [5.74, 6) is 0.223. The van der Waals surface area contributed by atoms with E-state index in [2.05, 4.69) is 53.1 Å². The van der Waals surface area contributed by atoms with E-state index in [0.717, 1.165) is 32.2 Å². The second kappa shape index (κ2) is 7.94. The van der Waals surface area contributed by atoms with Crippen LogP contribution in [0.25, 0.3) is 16.8 Å². The number of hydrogen-bond acceptors (Lipinski definition) is 2. The molecule has 0 saturated heterocycles. The predicted molar refractivity (Wildman–Crippen MR) is 109 cm³/mol. The van der Waals surface area contributed by atoms with Crippen molar-refractivity contribution in [2.24, 2.45) is 0 Å². The van der Waals surface area contributed by atoms with Gasteiger partial charge in [0.1, 0.15) is 0 Å². The van der Waals surface area contributed by atoms with Crippen molar-refractivity contribution >= 4 is 28.4 Å². The van der Waals surface area contributed by atoms with E-state index in [4.69, 9.17) is 0 Å². The number of nitrogens with one attached hydrogen (secondary N) is 2. The Morgan fingerprint density at radius 3 is 2.88 bits per heavy atom. The van der Waals surface area contributed by atoms with Gasteiger partial charge in [0, 0.05) is 30.3 Å². The van der Waals surface area contributed by atoms with Crippen molar-refractivity contribution in [3.63, 3.8) is 0 Å². The number of benzene rings is 2. The van der Waals surface area contributed by atoms with E-state index >= 15 is 0 Å². The first-order chi connectivity index (χ1) is 12.8. The fourth-order valence-corrected chi connectivity index (χ4v) is 4.35. The maximum absolute atomic E-state index is 12.3. The first-order valence-corrected chi connectivity index (χ1v) is 10.1. The number of rotatable bonds is 5. The normalized spacial score (nSPS) is 16.9. The van der Waals surface area contributed by atoms with Gasteiger partial charge in [-0.3, -0.25) is 4.79 Å². The van der Waals surface area contributed by atoms with Gasteiger partial charge >= 0.3 is 0 Å². The molecule has 0 radical (unpaired) electrons. The van der Waals surface area contributed by atoms with E-state index in [9.17, 15) is 4.79 Å². The van der Waals surface area contributed by atoms with Gasteiger partial charge in [0.15, 0.2) is 0 Å². The Bertz CT molecular complexity index is 818. The molecule has 3 nitrogen and oxygen atoms in total. The van der Waals surface area contributed by atoms with E-state index in [1.165, 1.54) is 46.8 Å². The molecule has 0 unspecified atom stereocenters. The topological polar surface area (TPSA) is 41.1 Å². The minimum absolute atomic E-state index is 0.223. The summed E-state index contributed by atoms with van der Waals surface area (Å²) >= 11 is 0. The largest absolute Gasteiger partial charge is 0.381 e. The quantitative estimate of drug-likeness (QED) is 0.794. The molecule has 1 aliphatic carbocycles. The third-order valence-corrected chi connectivity index (χ3v) is 5.69. The molecule has 26 heavy (non-hydrogen) atoms. The van der Waals surface area contributed by atoms with Crippen LogP contribution in [0.15, 0.2) is 36.4 Å². The summed E-state index contributed by atoms with van der Waals surface area (Å²) in [4.78, 5) is 12.3. The SMILES string of the molecule is O=C(CCCc1cccc2ccc3c(c12)C=CCN3)NC1CCCCC1. The van der Waals surface area contributed by atoms with Crippen LogP contribution in [0.3, 0.4) is 0 Å². The van der Waals surface area contributed by atoms with Crippen molar-refractivity contribution in [2.75, 3.05) is 11.9 Å². The highest BCUT2D eigenvalue weighted by Crippen LogP contribution is 2.32. The molecule has 4 rings (SSSR count). The molecule has 1 heterocycles. The first-order valence-electron chi connectivity index (χ1n) is 10.1. The zero-order chi connectivity index (χ0) is 17.8. The molecule has 1 amide bonds. The Labute approximate surface area is 155 Å². The van der Waals surface area contributed by atoms with E-state index in [1.54, 1.807) is 0 Å². The fourth-order valence-electron chi connectivity index (χ4n) is 4.35. The summed E-state index contributed by atoms with van der Waals surface area (Å²) in [7, 11) is 0. The summed E-state index contributed by atoms with van der Waals surface area (Å²) < 4.78 is 0. The molecule has 0 bridgehead atoms. The number of anilines is 1. The molecule has 2 aromatic carbocycles. The summed E-state index contributed by atoms with van der Waals surface area (Å²) in [5.41, 5.74) is 3.84. The Hall–Kier alpha value is -2.29. The van der Waals surface area contributed by atoms with Crippen LogP contribution >= 0.6 is 0 Å². The number of aryl methyl sites for hydroxylation is 1. The van der Waals surface area contributed by atoms with Crippen LogP contribution in [-0.2, 0) is 11.2 Å². The van der Waals surface area contributed by atoms with Gasteiger partial charge in [-0.25, -0.2) is 0 Å². The third kappa shape index (κ3) is 3.77. The number of fused-ring (bicyclic) bond motifs is 3. The lowest BCUT2D eigenvalue weighted by atomic mass is 9.93. The Balaban J connectivity index is 1.43. The van der Waals surface area contributed by atoms with E-state index in [-0.39, 0.29) is 5.91 Å². The molecule has 3 heteroatoms. The summed E-state index contributed by atoms with van der Waals surface area (Å²) in [6.07, 6.45) is 13.0. The van der Waals surface area contributed by atoms with Crippen LogP contribution in [-0.4, -0.2) is 18.5 Å². The molecular weight excluding hydrogens is 320 g/mol. The van der Waals surface area contributed by atoms with Crippen molar-refractivity contribution in [3.8, 4) is 0 Å². The maximum Gasteiger partial charge on any atom is 0.220 e. The van der Waals surface area contributed by atoms with Gasteiger partial charge in [-0.05, 0) is 48.1 Å². The van der Waals surface area contributed by atoms with Crippen molar-refractivity contribution in [1.29, 1.82) is 0 Å². The van der Waals surface area contributed by atoms with Crippen molar-refractivity contribution in [1.82, 2.24) is 5.32 Å². The highest BCUT2D eigenvalue weighted by atomic mass is 16.1. The second-order valence-corrected chi connectivity index (χ2v) is 7.58. The summed E-state index contributed by atoms with van der Waals surface area (Å²) in [6.45, 7) is 0.891. The molecule has 2 aliphatic rings. The van der Waals surface area contributed by atoms with E-state index < -0.39 is 0 Å². The van der Waals surface area contributed by atoms with Crippen LogP contribution in [0.2, 0.25) is 0 Å². The van der Waals surface area contributed by atoms with Crippen molar-refractivity contribution < 1.29 is 4.79 Å². The van der Waals surface area contributed by atoms with Gasteiger partial charge in [-0.15, -0.1) is 0 Å². The first kappa shape index (κ1) is 17.1. The van der Waals surface area contributed by atoms with Gasteiger partial charge < -0.3 is 10.6 Å². The van der Waals surface area contributed by atoms with Crippen molar-refractivity contribution in [2.45, 2.75) is 57.4 Å². The lowest BCUT2D eigenvalue weighted by Gasteiger charge is -2.22. The third-order valence-electron chi connectivity index (χ3n) is 5.69. The van der Waals surface area contributed by atoms with E-state index in [1.807, 2.05) is 0 Å². The van der Waals surface area contributed by atoms with Gasteiger partial charge in [0.2, 0.25) is 5.91 Å². The maximum atomic E-state index is 12.3. The molecular formula is C23H28N2O. The Morgan fingerprint density at radius 1 is 1.12 bits per heavy atom. The Morgan fingerprint density at radius 2 is 2.00 bits per heavy atom. The molecule has 2 aromatic rings. The molecule has 2 N–H and O–H groups in total. The van der Waals surface area contributed by atoms with Gasteiger partial charge in [0.05, 0.1) is 0 Å². The van der Waals surface area contributed by atoms with Crippen LogP contribution in [0, 0.1) is 0 Å². The lowest BCUT2D eigenvalue weighted by molar-refractivity contribution is -0.122.